The van der Waals surface area contributed by atoms with Gasteiger partial charge in [0.15, 0.2) is 0 Å². The lowest BCUT2D eigenvalue weighted by atomic mass is 9.97. The van der Waals surface area contributed by atoms with Crippen LogP contribution < -0.4 is 10.6 Å². The number of thioether (sulfide) groups is 2. The van der Waals surface area contributed by atoms with Gasteiger partial charge in [-0.3, -0.25) is 9.59 Å². The number of carbonyl (C=O) groups excluding carboxylic acids is 2. The number of aromatic nitrogens is 2. The zero-order chi connectivity index (χ0) is 28.5. The Morgan fingerprint density at radius 2 is 1.02 bits per heavy atom. The normalized spacial score (nSPS) is 12.6. The SMILES string of the molecule is CCC(C)c1ccccc1NC(=O)CSc1nc2ccccc2nc1SCC(=O)Nc1ccccc1C(C)CC. The minimum Gasteiger partial charge on any atom is -0.325 e. The molecular weight excluding hydrogens is 537 g/mol. The highest BCUT2D eigenvalue weighted by molar-refractivity contribution is 8.02. The number of benzene rings is 3. The van der Waals surface area contributed by atoms with Crippen LogP contribution >= 0.6 is 23.5 Å². The zero-order valence-corrected chi connectivity index (χ0v) is 25.1. The van der Waals surface area contributed by atoms with E-state index in [-0.39, 0.29) is 23.3 Å². The lowest BCUT2D eigenvalue weighted by molar-refractivity contribution is -0.114. The summed E-state index contributed by atoms with van der Waals surface area (Å²) in [6.07, 6.45) is 1.98. The van der Waals surface area contributed by atoms with Gasteiger partial charge in [0, 0.05) is 11.4 Å². The van der Waals surface area contributed by atoms with E-state index in [1.54, 1.807) is 0 Å². The molecule has 1 heterocycles. The summed E-state index contributed by atoms with van der Waals surface area (Å²) in [5.74, 6) is 0.856. The van der Waals surface area contributed by atoms with E-state index in [1.807, 2.05) is 60.7 Å². The van der Waals surface area contributed by atoms with Crippen molar-refractivity contribution in [2.24, 2.45) is 0 Å². The molecule has 0 bridgehead atoms. The standard InChI is InChI=1S/C32H36N4O2S2/c1-5-21(3)23-13-7-9-15-25(23)33-29(37)19-39-31-32(36-28-18-12-11-17-27(28)35-31)40-20-30(38)34-26-16-10-8-14-24(26)22(4)6-2/h7-18,21-22H,5-6,19-20H2,1-4H3,(H,33,37)(H,34,38). The van der Waals surface area contributed by atoms with Gasteiger partial charge in [0.05, 0.1) is 22.5 Å². The summed E-state index contributed by atoms with van der Waals surface area (Å²) in [7, 11) is 0. The predicted octanol–water partition coefficient (Wildman–Crippen LogP) is 8.12. The number of hydrogen-bond donors (Lipinski definition) is 2. The largest absolute Gasteiger partial charge is 0.325 e. The molecule has 4 aromatic rings. The summed E-state index contributed by atoms with van der Waals surface area (Å²) in [5.41, 5.74) is 5.46. The van der Waals surface area contributed by atoms with Gasteiger partial charge in [0.1, 0.15) is 10.1 Å². The van der Waals surface area contributed by atoms with E-state index in [4.69, 9.17) is 9.97 Å². The summed E-state index contributed by atoms with van der Waals surface area (Å²) in [4.78, 5) is 35.5. The number of fused-ring (bicyclic) bond motifs is 1. The van der Waals surface area contributed by atoms with E-state index in [0.717, 1.165) is 46.4 Å². The molecule has 0 spiro atoms. The highest BCUT2D eigenvalue weighted by atomic mass is 32.2. The average molecular weight is 573 g/mol. The number of anilines is 2. The second kappa shape index (κ2) is 14.3. The molecule has 208 valence electrons. The fourth-order valence-corrected chi connectivity index (χ4v) is 6.01. The molecule has 0 aliphatic rings. The Hall–Kier alpha value is -3.36. The highest BCUT2D eigenvalue weighted by Crippen LogP contribution is 2.32. The summed E-state index contributed by atoms with van der Waals surface area (Å²) >= 11 is 2.67. The van der Waals surface area contributed by atoms with E-state index in [1.165, 1.54) is 23.5 Å². The predicted molar refractivity (Wildman–Crippen MR) is 169 cm³/mol. The van der Waals surface area contributed by atoms with Crippen molar-refractivity contribution in [3.05, 3.63) is 83.9 Å². The minimum absolute atomic E-state index is 0.106. The first-order valence-electron chi connectivity index (χ1n) is 13.7. The number of carbonyl (C=O) groups is 2. The zero-order valence-electron chi connectivity index (χ0n) is 23.4. The van der Waals surface area contributed by atoms with Crippen LogP contribution in [0.25, 0.3) is 11.0 Å². The molecule has 0 radical (unpaired) electrons. The molecule has 40 heavy (non-hydrogen) atoms. The van der Waals surface area contributed by atoms with E-state index < -0.39 is 0 Å². The van der Waals surface area contributed by atoms with E-state index in [9.17, 15) is 9.59 Å². The molecule has 6 nitrogen and oxygen atoms in total. The third-order valence-corrected chi connectivity index (χ3v) is 9.00. The van der Waals surface area contributed by atoms with Crippen molar-refractivity contribution in [3.63, 3.8) is 0 Å². The Morgan fingerprint density at radius 1 is 0.650 bits per heavy atom. The second-order valence-corrected chi connectivity index (χ2v) is 11.7. The Bertz CT molecular complexity index is 1370. The number of nitrogens with zero attached hydrogens (tertiary/aromatic N) is 2. The molecular formula is C32H36N4O2S2. The van der Waals surface area contributed by atoms with Crippen LogP contribution in [-0.2, 0) is 9.59 Å². The van der Waals surface area contributed by atoms with Gasteiger partial charge in [-0.2, -0.15) is 0 Å². The Kier molecular flexibility index (Phi) is 10.6. The van der Waals surface area contributed by atoms with Crippen LogP contribution in [0.4, 0.5) is 11.4 Å². The first kappa shape index (κ1) is 29.6. The number of nitrogens with one attached hydrogen (secondary N) is 2. The van der Waals surface area contributed by atoms with E-state index in [0.29, 0.717) is 21.9 Å². The topological polar surface area (TPSA) is 84.0 Å². The molecule has 0 saturated carbocycles. The van der Waals surface area contributed by atoms with Gasteiger partial charge in [-0.05, 0) is 60.1 Å². The van der Waals surface area contributed by atoms with Crippen LogP contribution in [0.15, 0.2) is 82.8 Å². The molecule has 0 saturated heterocycles. The van der Waals surface area contributed by atoms with Crippen molar-refractivity contribution >= 4 is 57.7 Å². The second-order valence-electron chi connectivity index (χ2n) is 9.79. The van der Waals surface area contributed by atoms with Crippen LogP contribution in [0, 0.1) is 0 Å². The van der Waals surface area contributed by atoms with Gasteiger partial charge in [-0.25, -0.2) is 9.97 Å². The van der Waals surface area contributed by atoms with Crippen LogP contribution in [0.3, 0.4) is 0 Å². The Balaban J connectivity index is 1.46. The molecule has 0 fully saturated rings. The summed E-state index contributed by atoms with van der Waals surface area (Å²) in [6, 6.07) is 23.5. The Labute approximate surface area is 245 Å². The van der Waals surface area contributed by atoms with E-state index in [2.05, 4.69) is 50.5 Å². The van der Waals surface area contributed by atoms with Crippen LogP contribution in [-0.4, -0.2) is 33.3 Å². The van der Waals surface area contributed by atoms with Gasteiger partial charge in [0.2, 0.25) is 11.8 Å². The van der Waals surface area contributed by atoms with Crippen LogP contribution in [0.5, 0.6) is 0 Å². The van der Waals surface area contributed by atoms with Crippen molar-refractivity contribution in [3.8, 4) is 0 Å². The first-order chi connectivity index (χ1) is 19.4. The summed E-state index contributed by atoms with van der Waals surface area (Å²) in [5, 5.41) is 7.42. The van der Waals surface area contributed by atoms with Gasteiger partial charge >= 0.3 is 0 Å². The van der Waals surface area contributed by atoms with Crippen molar-refractivity contribution in [1.29, 1.82) is 0 Å². The maximum absolute atomic E-state index is 13.0. The van der Waals surface area contributed by atoms with Gasteiger partial charge in [-0.1, -0.05) is 99.7 Å². The fourth-order valence-electron chi connectivity index (χ4n) is 4.32. The molecule has 1 aromatic heterocycles. The lowest BCUT2D eigenvalue weighted by Crippen LogP contribution is -2.17. The molecule has 0 aliphatic carbocycles. The highest BCUT2D eigenvalue weighted by Gasteiger charge is 2.17. The monoisotopic (exact) mass is 572 g/mol. The summed E-state index contributed by atoms with van der Waals surface area (Å²) < 4.78 is 0. The van der Waals surface area contributed by atoms with E-state index >= 15 is 0 Å². The number of rotatable bonds is 12. The Morgan fingerprint density at radius 3 is 1.43 bits per heavy atom. The molecule has 8 heteroatoms. The van der Waals surface area contributed by atoms with Crippen LogP contribution in [0.1, 0.15) is 63.5 Å². The molecule has 2 unspecified atom stereocenters. The third-order valence-electron chi connectivity index (χ3n) is 6.94. The fraction of sp³-hybridized carbons (Fsp3) is 0.312. The first-order valence-corrected chi connectivity index (χ1v) is 15.7. The van der Waals surface area contributed by atoms with Crippen LogP contribution in [0.2, 0.25) is 0 Å². The molecule has 2 amide bonds. The molecule has 2 N–H and O–H groups in total. The molecule has 0 aliphatic heterocycles. The van der Waals surface area contributed by atoms with Gasteiger partial charge < -0.3 is 10.6 Å². The van der Waals surface area contributed by atoms with Gasteiger partial charge in [0.25, 0.3) is 0 Å². The van der Waals surface area contributed by atoms with Crippen molar-refractivity contribution < 1.29 is 9.59 Å². The van der Waals surface area contributed by atoms with Crippen molar-refractivity contribution in [1.82, 2.24) is 9.97 Å². The number of hydrogen-bond acceptors (Lipinski definition) is 6. The smallest absolute Gasteiger partial charge is 0.234 e. The third kappa shape index (κ3) is 7.64. The van der Waals surface area contributed by atoms with Gasteiger partial charge in [-0.15, -0.1) is 0 Å². The quantitative estimate of drug-likeness (QED) is 0.167. The van der Waals surface area contributed by atoms with Crippen molar-refractivity contribution in [2.45, 2.75) is 62.4 Å². The maximum atomic E-state index is 13.0. The molecule has 4 rings (SSSR count). The maximum Gasteiger partial charge on any atom is 0.234 e. The lowest BCUT2D eigenvalue weighted by Gasteiger charge is -2.16. The molecule has 2 atom stereocenters. The minimum atomic E-state index is -0.106. The van der Waals surface area contributed by atoms with Crippen molar-refractivity contribution in [2.75, 3.05) is 22.1 Å². The number of amides is 2. The average Bonchev–Trinajstić information content (AvgIpc) is 2.98. The molecule has 3 aromatic carbocycles. The summed E-state index contributed by atoms with van der Waals surface area (Å²) in [6.45, 7) is 8.60. The number of para-hydroxylation sites is 4.